The van der Waals surface area contributed by atoms with Crippen LogP contribution in [0, 0.1) is 5.92 Å². The van der Waals surface area contributed by atoms with Gasteiger partial charge in [-0.15, -0.1) is 29.8 Å². The number of hydrogen-bond acceptors (Lipinski definition) is 0. The van der Waals surface area contributed by atoms with Crippen LogP contribution < -0.4 is 0 Å². The number of fused-ring (bicyclic) bond motifs is 2. The van der Waals surface area contributed by atoms with Gasteiger partial charge in [-0.1, -0.05) is 64.6 Å². The summed E-state index contributed by atoms with van der Waals surface area (Å²) in [6.45, 7) is 3.67. The summed E-state index contributed by atoms with van der Waals surface area (Å²) < 4.78 is -1.43. The minimum Gasteiger partial charge on any atom is -0.110 e. The first-order chi connectivity index (χ1) is 8.73. The molecule has 0 saturated heterocycles. The largest absolute Gasteiger partial charge is 0.166 e. The average molecular weight is 381 g/mol. The van der Waals surface area contributed by atoms with Gasteiger partial charge in [-0.2, -0.15) is 0 Å². The van der Waals surface area contributed by atoms with Gasteiger partial charge in [-0.25, -0.2) is 0 Å². The Labute approximate surface area is 143 Å². The molecule has 1 fully saturated rings. The Kier molecular flexibility index (Phi) is 4.56. The van der Waals surface area contributed by atoms with E-state index < -0.39 is 14.1 Å². The van der Waals surface area contributed by atoms with Gasteiger partial charge in [0.2, 0.25) is 0 Å². The van der Waals surface area contributed by atoms with Gasteiger partial charge in [0.25, 0.3) is 0 Å². The van der Waals surface area contributed by atoms with Crippen molar-refractivity contribution in [3.8, 4) is 0 Å². The molecule has 0 unspecified atom stereocenters. The van der Waals surface area contributed by atoms with Crippen molar-refractivity contribution in [2.45, 2.75) is 33.3 Å². The molecule has 2 bridgehead atoms. The molecule has 0 aromatic heterocycles. The first kappa shape index (κ1) is 16.3. The lowest BCUT2D eigenvalue weighted by molar-refractivity contribution is 0.565. The number of halogens is 6. The van der Waals surface area contributed by atoms with Crippen LogP contribution >= 0.6 is 69.6 Å². The maximum absolute atomic E-state index is 6.61. The van der Waals surface area contributed by atoms with Gasteiger partial charge in [0.05, 0.1) is 10.1 Å². The van der Waals surface area contributed by atoms with Crippen molar-refractivity contribution in [2.75, 3.05) is 0 Å². The fourth-order valence-corrected chi connectivity index (χ4v) is 5.41. The van der Waals surface area contributed by atoms with Crippen molar-refractivity contribution in [3.05, 3.63) is 34.9 Å². The molecule has 0 nitrogen and oxygen atoms in total. The normalized spacial score (nSPS) is 40.4. The zero-order valence-electron chi connectivity index (χ0n) is 9.91. The molecule has 0 aromatic carbocycles. The van der Waals surface area contributed by atoms with Crippen LogP contribution in [0.5, 0.6) is 0 Å². The predicted molar refractivity (Wildman–Crippen MR) is 87.0 cm³/mol. The Morgan fingerprint density at radius 3 is 2.21 bits per heavy atom. The number of rotatable bonds is 4. The van der Waals surface area contributed by atoms with E-state index in [0.29, 0.717) is 6.42 Å². The van der Waals surface area contributed by atoms with Crippen molar-refractivity contribution in [1.29, 1.82) is 0 Å². The van der Waals surface area contributed by atoms with Crippen molar-refractivity contribution < 1.29 is 0 Å². The van der Waals surface area contributed by atoms with Crippen molar-refractivity contribution in [1.82, 2.24) is 0 Å². The maximum atomic E-state index is 6.61. The molecule has 0 heterocycles. The molecule has 1 saturated carbocycles. The molecule has 2 rings (SSSR count). The van der Waals surface area contributed by atoms with Crippen LogP contribution in [-0.4, -0.2) is 14.1 Å². The smallest absolute Gasteiger partial charge is 0.110 e. The van der Waals surface area contributed by atoms with E-state index >= 15 is 0 Å². The van der Waals surface area contributed by atoms with Gasteiger partial charge in [0.1, 0.15) is 9.75 Å². The summed E-state index contributed by atoms with van der Waals surface area (Å²) in [7, 11) is 0. The third-order valence-electron chi connectivity index (χ3n) is 3.73. The molecule has 0 N–H and O–H groups in total. The van der Waals surface area contributed by atoms with Crippen LogP contribution in [0.15, 0.2) is 34.9 Å². The highest BCUT2D eigenvalue weighted by Crippen LogP contribution is 2.74. The monoisotopic (exact) mass is 378 g/mol. The van der Waals surface area contributed by atoms with Crippen molar-refractivity contribution in [2.24, 2.45) is 5.92 Å². The summed E-state index contributed by atoms with van der Waals surface area (Å²) in [5, 5.41) is 0.507. The Morgan fingerprint density at radius 1 is 1.11 bits per heavy atom. The van der Waals surface area contributed by atoms with Gasteiger partial charge in [0.15, 0.2) is 4.33 Å². The van der Waals surface area contributed by atoms with E-state index in [9.17, 15) is 0 Å². The first-order valence-corrected chi connectivity index (χ1v) is 8.09. The Morgan fingerprint density at radius 2 is 1.74 bits per heavy atom. The molecule has 0 spiro atoms. The van der Waals surface area contributed by atoms with E-state index in [2.05, 4.69) is 6.58 Å². The van der Waals surface area contributed by atoms with Crippen LogP contribution in [0.1, 0.15) is 19.3 Å². The summed E-state index contributed by atoms with van der Waals surface area (Å²) >= 11 is 38.2. The lowest BCUT2D eigenvalue weighted by Gasteiger charge is -2.32. The summed E-state index contributed by atoms with van der Waals surface area (Å²) in [5.74, 6) is -0.151. The average Bonchev–Trinajstić information content (AvgIpc) is 2.57. The Hall–Kier alpha value is 0.960. The molecule has 19 heavy (non-hydrogen) atoms. The molecule has 0 amide bonds. The molecule has 0 radical (unpaired) electrons. The van der Waals surface area contributed by atoms with Gasteiger partial charge >= 0.3 is 0 Å². The number of alkyl halides is 4. The molecule has 0 aliphatic heterocycles. The lowest BCUT2D eigenvalue weighted by Crippen LogP contribution is -2.43. The summed E-state index contributed by atoms with van der Waals surface area (Å²) in [6, 6.07) is 0. The van der Waals surface area contributed by atoms with Crippen molar-refractivity contribution in [3.63, 3.8) is 0 Å². The molecule has 3 atom stereocenters. The molecular formula is C13H12Cl6. The van der Waals surface area contributed by atoms with Crippen molar-refractivity contribution >= 4 is 69.6 Å². The third-order valence-corrected chi connectivity index (χ3v) is 8.03. The molecular weight excluding hydrogens is 369 g/mol. The molecule has 2 aliphatic carbocycles. The van der Waals surface area contributed by atoms with Gasteiger partial charge < -0.3 is 0 Å². The van der Waals surface area contributed by atoms with E-state index in [0.717, 1.165) is 12.8 Å². The number of allylic oxidation sites excluding steroid dienone is 5. The van der Waals surface area contributed by atoms with Crippen LogP contribution in [-0.2, 0) is 0 Å². The topological polar surface area (TPSA) is 0 Å². The Balaban J connectivity index is 2.34. The first-order valence-electron chi connectivity index (χ1n) is 5.83. The SMILES string of the molecule is C=CCCC=C[C@H]1C[C@@]2(Cl)C(Cl)=C(Cl)[C@]1(Cl)C2(Cl)Cl. The standard InChI is InChI=1S/C13H12Cl6/c1-2-3-4-5-6-8-7-11(16)9(14)10(15)12(8,17)13(11,18)19/h2,5-6,8H,1,3-4,7H2/t8-,11+,12-/m0/s1. The fraction of sp³-hybridized carbons (Fsp3) is 0.538. The molecule has 106 valence electrons. The third kappa shape index (κ3) is 2.02. The van der Waals surface area contributed by atoms with Crippen LogP contribution in [0.3, 0.4) is 0 Å². The van der Waals surface area contributed by atoms with Crippen LogP contribution in [0.2, 0.25) is 0 Å². The minimum absolute atomic E-state index is 0.151. The summed E-state index contributed by atoms with van der Waals surface area (Å²) in [6.07, 6.45) is 8.05. The van der Waals surface area contributed by atoms with Crippen LogP contribution in [0.4, 0.5) is 0 Å². The number of unbranched alkanes of at least 4 members (excludes halogenated alkanes) is 1. The highest BCUT2D eigenvalue weighted by atomic mass is 35.5. The van der Waals surface area contributed by atoms with E-state index in [4.69, 9.17) is 69.6 Å². The molecule has 2 aliphatic rings. The van der Waals surface area contributed by atoms with Gasteiger partial charge in [-0.3, -0.25) is 0 Å². The van der Waals surface area contributed by atoms with E-state index in [1.54, 1.807) is 0 Å². The van der Waals surface area contributed by atoms with E-state index in [1.807, 2.05) is 18.2 Å². The predicted octanol–water partition coefficient (Wildman–Crippen LogP) is 6.36. The second-order valence-electron chi connectivity index (χ2n) is 4.82. The minimum atomic E-state index is -1.43. The number of hydrogen-bond donors (Lipinski definition) is 0. The second kappa shape index (κ2) is 5.30. The summed E-state index contributed by atoms with van der Waals surface area (Å²) in [4.78, 5) is -2.29. The second-order valence-corrected chi connectivity index (χ2v) is 8.14. The maximum Gasteiger partial charge on any atom is 0.166 e. The zero-order valence-corrected chi connectivity index (χ0v) is 14.4. The van der Waals surface area contributed by atoms with Crippen LogP contribution in [0.25, 0.3) is 0 Å². The quantitative estimate of drug-likeness (QED) is 0.302. The highest BCUT2D eigenvalue weighted by molar-refractivity contribution is 6.65. The highest BCUT2D eigenvalue weighted by Gasteiger charge is 2.77. The van der Waals surface area contributed by atoms with Gasteiger partial charge in [0, 0.05) is 5.92 Å². The zero-order chi connectivity index (χ0) is 14.5. The lowest BCUT2D eigenvalue weighted by atomic mass is 9.91. The molecule has 6 heteroatoms. The van der Waals surface area contributed by atoms with Gasteiger partial charge in [-0.05, 0) is 19.3 Å². The van der Waals surface area contributed by atoms with E-state index in [-0.39, 0.29) is 16.0 Å². The fourth-order valence-electron chi connectivity index (χ4n) is 2.63. The van der Waals surface area contributed by atoms with E-state index in [1.165, 1.54) is 0 Å². The molecule has 0 aromatic rings. The Bertz CT molecular complexity index is 466. The summed E-state index contributed by atoms with van der Waals surface area (Å²) in [5.41, 5.74) is 0.